The van der Waals surface area contributed by atoms with E-state index in [0.717, 1.165) is 6.54 Å². The molecule has 0 aromatic heterocycles. The number of alkyl halides is 1. The predicted octanol–water partition coefficient (Wildman–Crippen LogP) is 2.90. The summed E-state index contributed by atoms with van der Waals surface area (Å²) >= 11 is 5.89. The van der Waals surface area contributed by atoms with Gasteiger partial charge in [-0.15, -0.1) is 0 Å². The number of ether oxygens (including phenoxy) is 1. The summed E-state index contributed by atoms with van der Waals surface area (Å²) in [5.74, 6) is 0. The molecule has 94 valence electrons. The van der Waals surface area contributed by atoms with E-state index in [1.165, 1.54) is 0 Å². The SMILES string of the molecule is CC(F)(CC1COCCN1)c1cccc(Cl)c1. The second-order valence-electron chi connectivity index (χ2n) is 4.64. The maximum atomic E-state index is 14.6. The Morgan fingerprint density at radius 3 is 3.06 bits per heavy atom. The molecular formula is C13H17ClFNO. The van der Waals surface area contributed by atoms with Gasteiger partial charge in [-0.3, -0.25) is 0 Å². The first-order chi connectivity index (χ1) is 8.08. The molecule has 1 aliphatic heterocycles. The van der Waals surface area contributed by atoms with E-state index in [4.69, 9.17) is 16.3 Å². The Morgan fingerprint density at radius 2 is 2.41 bits per heavy atom. The molecule has 0 spiro atoms. The molecule has 2 unspecified atom stereocenters. The van der Waals surface area contributed by atoms with E-state index in [1.807, 2.05) is 0 Å². The fourth-order valence-electron chi connectivity index (χ4n) is 2.14. The Balaban J connectivity index is 2.06. The molecule has 1 N–H and O–H groups in total. The van der Waals surface area contributed by atoms with Gasteiger partial charge in [-0.1, -0.05) is 23.7 Å². The molecule has 0 radical (unpaired) electrons. The Bertz CT molecular complexity index is 377. The van der Waals surface area contributed by atoms with Crippen molar-refractivity contribution in [1.82, 2.24) is 5.32 Å². The van der Waals surface area contributed by atoms with Gasteiger partial charge < -0.3 is 10.1 Å². The lowest BCUT2D eigenvalue weighted by molar-refractivity contribution is 0.0474. The minimum absolute atomic E-state index is 0.0673. The van der Waals surface area contributed by atoms with Crippen LogP contribution in [0.2, 0.25) is 5.02 Å². The van der Waals surface area contributed by atoms with Crippen molar-refractivity contribution < 1.29 is 9.13 Å². The number of nitrogens with one attached hydrogen (secondary N) is 1. The highest BCUT2D eigenvalue weighted by Gasteiger charge is 2.30. The highest BCUT2D eigenvalue weighted by Crippen LogP contribution is 2.32. The van der Waals surface area contributed by atoms with Gasteiger partial charge in [-0.2, -0.15) is 0 Å². The lowest BCUT2D eigenvalue weighted by Crippen LogP contribution is -2.44. The summed E-state index contributed by atoms with van der Waals surface area (Å²) < 4.78 is 20.0. The quantitative estimate of drug-likeness (QED) is 0.899. The Morgan fingerprint density at radius 1 is 1.59 bits per heavy atom. The van der Waals surface area contributed by atoms with E-state index in [0.29, 0.717) is 30.2 Å². The fraction of sp³-hybridized carbons (Fsp3) is 0.538. The molecule has 17 heavy (non-hydrogen) atoms. The van der Waals surface area contributed by atoms with Crippen LogP contribution in [0.3, 0.4) is 0 Å². The first kappa shape index (κ1) is 12.8. The number of rotatable bonds is 3. The van der Waals surface area contributed by atoms with Crippen LogP contribution in [-0.4, -0.2) is 25.8 Å². The number of morpholine rings is 1. The van der Waals surface area contributed by atoms with E-state index >= 15 is 0 Å². The minimum Gasteiger partial charge on any atom is -0.379 e. The van der Waals surface area contributed by atoms with Gasteiger partial charge >= 0.3 is 0 Å². The van der Waals surface area contributed by atoms with Crippen LogP contribution in [0.15, 0.2) is 24.3 Å². The average molecular weight is 258 g/mol. The maximum Gasteiger partial charge on any atom is 0.134 e. The number of hydrogen-bond acceptors (Lipinski definition) is 2. The van der Waals surface area contributed by atoms with E-state index < -0.39 is 5.67 Å². The van der Waals surface area contributed by atoms with Gasteiger partial charge in [-0.05, 0) is 24.6 Å². The summed E-state index contributed by atoms with van der Waals surface area (Å²) in [5.41, 5.74) is -0.763. The molecule has 1 aromatic carbocycles. The average Bonchev–Trinajstić information content (AvgIpc) is 2.30. The summed E-state index contributed by atoms with van der Waals surface area (Å²) in [6.07, 6.45) is 0.396. The van der Waals surface area contributed by atoms with Crippen molar-refractivity contribution in [3.05, 3.63) is 34.9 Å². The molecular weight excluding hydrogens is 241 g/mol. The van der Waals surface area contributed by atoms with E-state index in [1.54, 1.807) is 31.2 Å². The summed E-state index contributed by atoms with van der Waals surface area (Å²) in [7, 11) is 0. The molecule has 0 bridgehead atoms. The van der Waals surface area contributed by atoms with Gasteiger partial charge in [-0.25, -0.2) is 4.39 Å². The summed E-state index contributed by atoms with van der Waals surface area (Å²) in [4.78, 5) is 0. The van der Waals surface area contributed by atoms with Crippen molar-refractivity contribution in [2.75, 3.05) is 19.8 Å². The van der Waals surface area contributed by atoms with Crippen LogP contribution in [0.1, 0.15) is 18.9 Å². The zero-order chi connectivity index (χ0) is 12.3. The molecule has 1 aliphatic rings. The van der Waals surface area contributed by atoms with Crippen LogP contribution < -0.4 is 5.32 Å². The molecule has 2 atom stereocenters. The molecule has 0 amide bonds. The summed E-state index contributed by atoms with van der Waals surface area (Å²) in [5, 5.41) is 3.83. The van der Waals surface area contributed by atoms with Gasteiger partial charge in [0.1, 0.15) is 5.67 Å². The minimum atomic E-state index is -1.39. The molecule has 1 heterocycles. The Labute approximate surface area is 106 Å². The number of hydrogen-bond donors (Lipinski definition) is 1. The van der Waals surface area contributed by atoms with E-state index in [2.05, 4.69) is 5.32 Å². The third kappa shape index (κ3) is 3.41. The van der Waals surface area contributed by atoms with Crippen molar-refractivity contribution in [2.45, 2.75) is 25.1 Å². The van der Waals surface area contributed by atoms with Crippen LogP contribution in [-0.2, 0) is 10.4 Å². The van der Waals surface area contributed by atoms with Crippen molar-refractivity contribution in [1.29, 1.82) is 0 Å². The van der Waals surface area contributed by atoms with Crippen LogP contribution >= 0.6 is 11.6 Å². The van der Waals surface area contributed by atoms with Gasteiger partial charge in [0.15, 0.2) is 0 Å². The van der Waals surface area contributed by atoms with Gasteiger partial charge in [0, 0.05) is 24.0 Å². The highest BCUT2D eigenvalue weighted by atomic mass is 35.5. The molecule has 2 rings (SSSR count). The first-order valence-electron chi connectivity index (χ1n) is 5.84. The predicted molar refractivity (Wildman–Crippen MR) is 67.1 cm³/mol. The largest absolute Gasteiger partial charge is 0.379 e. The molecule has 1 saturated heterocycles. The van der Waals surface area contributed by atoms with Gasteiger partial charge in [0.05, 0.1) is 13.2 Å². The Hall–Kier alpha value is -0.640. The number of halogens is 2. The van der Waals surface area contributed by atoms with Crippen LogP contribution in [0.25, 0.3) is 0 Å². The van der Waals surface area contributed by atoms with Crippen LogP contribution in [0.4, 0.5) is 4.39 Å². The van der Waals surface area contributed by atoms with Crippen molar-refractivity contribution in [2.24, 2.45) is 0 Å². The summed E-state index contributed by atoms with van der Waals surface area (Å²) in [6, 6.07) is 7.06. The lowest BCUT2D eigenvalue weighted by atomic mass is 9.91. The van der Waals surface area contributed by atoms with Crippen LogP contribution in [0.5, 0.6) is 0 Å². The Kier molecular flexibility index (Phi) is 4.02. The molecule has 0 saturated carbocycles. The topological polar surface area (TPSA) is 21.3 Å². The molecule has 4 heteroatoms. The monoisotopic (exact) mass is 257 g/mol. The smallest absolute Gasteiger partial charge is 0.134 e. The summed E-state index contributed by atoms with van der Waals surface area (Å²) in [6.45, 7) is 3.65. The number of benzene rings is 1. The van der Waals surface area contributed by atoms with Gasteiger partial charge in [0.2, 0.25) is 0 Å². The van der Waals surface area contributed by atoms with Crippen molar-refractivity contribution in [3.8, 4) is 0 Å². The third-order valence-electron chi connectivity index (χ3n) is 3.05. The maximum absolute atomic E-state index is 14.6. The van der Waals surface area contributed by atoms with Crippen molar-refractivity contribution >= 4 is 11.6 Å². The lowest BCUT2D eigenvalue weighted by Gasteiger charge is -2.30. The van der Waals surface area contributed by atoms with Crippen molar-refractivity contribution in [3.63, 3.8) is 0 Å². The second kappa shape index (κ2) is 5.34. The molecule has 0 aliphatic carbocycles. The normalized spacial score (nSPS) is 24.3. The fourth-order valence-corrected chi connectivity index (χ4v) is 2.33. The second-order valence-corrected chi connectivity index (χ2v) is 5.07. The van der Waals surface area contributed by atoms with Crippen LogP contribution in [0, 0.1) is 0 Å². The first-order valence-corrected chi connectivity index (χ1v) is 6.22. The highest BCUT2D eigenvalue weighted by molar-refractivity contribution is 6.30. The zero-order valence-corrected chi connectivity index (χ0v) is 10.6. The van der Waals surface area contributed by atoms with E-state index in [9.17, 15) is 4.39 Å². The standard InChI is InChI=1S/C13H17ClFNO/c1-13(15,8-12-9-17-6-5-16-12)10-3-2-4-11(14)7-10/h2-4,7,12,16H,5-6,8-9H2,1H3. The molecule has 2 nitrogen and oxygen atoms in total. The molecule has 1 aromatic rings. The van der Waals surface area contributed by atoms with E-state index in [-0.39, 0.29) is 6.04 Å². The van der Waals surface area contributed by atoms with Gasteiger partial charge in [0.25, 0.3) is 0 Å². The zero-order valence-electron chi connectivity index (χ0n) is 9.88. The molecule has 1 fully saturated rings. The third-order valence-corrected chi connectivity index (χ3v) is 3.29.